The van der Waals surface area contributed by atoms with E-state index >= 15 is 0 Å². The van der Waals surface area contributed by atoms with Crippen molar-refractivity contribution in [2.24, 2.45) is 21.4 Å². The molecule has 2 unspecified atom stereocenters. The van der Waals surface area contributed by atoms with Crippen LogP contribution in [0.5, 0.6) is 0 Å². The highest BCUT2D eigenvalue weighted by Crippen LogP contribution is 2.71. The number of carbonyl (C=O) groups is 2. The van der Waals surface area contributed by atoms with E-state index < -0.39 is 11.4 Å². The number of anilines is 1. The highest BCUT2D eigenvalue weighted by molar-refractivity contribution is 9.10. The Morgan fingerprint density at radius 2 is 1.78 bits per heavy atom. The number of fused-ring (bicyclic) bond motifs is 2. The molecule has 2 aliphatic rings. The molecule has 0 aliphatic heterocycles. The number of nitrogens with zero attached hydrogens (tertiary/aromatic N) is 1. The summed E-state index contributed by atoms with van der Waals surface area (Å²) in [4.78, 5) is 31.4. The van der Waals surface area contributed by atoms with Crippen LogP contribution in [0.3, 0.4) is 0 Å². The molecule has 0 spiro atoms. The van der Waals surface area contributed by atoms with Gasteiger partial charge in [-0.05, 0) is 67.1 Å². The molecule has 1 N–H and O–H groups in total. The molecule has 4 rings (SSSR count). The highest BCUT2D eigenvalue weighted by atomic mass is 79.9. The summed E-state index contributed by atoms with van der Waals surface area (Å²) in [5.41, 5.74) is 1.51. The van der Waals surface area contributed by atoms with Crippen LogP contribution in [0.15, 0.2) is 52.1 Å². The molecule has 2 bridgehead atoms. The largest absolute Gasteiger partial charge is 0.365 e. The minimum absolute atomic E-state index is 0.0407. The molecular formula is C25H26BrClN2O3. The fourth-order valence-corrected chi connectivity index (χ4v) is 5.66. The van der Waals surface area contributed by atoms with Crippen LogP contribution in [0.1, 0.15) is 56.0 Å². The lowest BCUT2D eigenvalue weighted by molar-refractivity contribution is -0.130. The second-order valence-electron chi connectivity index (χ2n) is 9.55. The summed E-state index contributed by atoms with van der Waals surface area (Å²) in [6.45, 7) is 8.29. The second kappa shape index (κ2) is 7.99. The predicted octanol–water partition coefficient (Wildman–Crippen LogP) is 6.78. The van der Waals surface area contributed by atoms with Gasteiger partial charge in [-0.15, -0.1) is 0 Å². The van der Waals surface area contributed by atoms with Crippen LogP contribution < -0.4 is 5.32 Å². The number of halogens is 2. The maximum Gasteiger partial charge on any atom is 0.365 e. The number of oxime groups is 1. The highest BCUT2D eigenvalue weighted by Gasteiger charge is 2.71. The summed E-state index contributed by atoms with van der Waals surface area (Å²) in [5.74, 6) is -0.553. The van der Waals surface area contributed by atoms with Gasteiger partial charge in [0.15, 0.2) is 0 Å². The first-order chi connectivity index (χ1) is 15.0. The van der Waals surface area contributed by atoms with E-state index in [-0.39, 0.29) is 16.7 Å². The second-order valence-corrected chi connectivity index (χ2v) is 10.9. The first kappa shape index (κ1) is 23.0. The third kappa shape index (κ3) is 3.48. The van der Waals surface area contributed by atoms with Gasteiger partial charge in [0.2, 0.25) is 5.91 Å². The number of hydrogen-bond donors (Lipinski definition) is 1. The molecule has 2 atom stereocenters. The van der Waals surface area contributed by atoms with E-state index in [0.717, 1.165) is 28.6 Å². The van der Waals surface area contributed by atoms with Crippen LogP contribution in [-0.2, 0) is 9.63 Å². The first-order valence-corrected chi connectivity index (χ1v) is 11.8. The molecule has 2 aromatic rings. The molecule has 168 valence electrons. The van der Waals surface area contributed by atoms with Gasteiger partial charge in [-0.3, -0.25) is 4.79 Å². The Balaban J connectivity index is 1.60. The van der Waals surface area contributed by atoms with Crippen molar-refractivity contribution < 1.29 is 14.4 Å². The van der Waals surface area contributed by atoms with E-state index in [1.54, 1.807) is 30.3 Å². The van der Waals surface area contributed by atoms with E-state index in [1.165, 1.54) is 0 Å². The van der Waals surface area contributed by atoms with Crippen molar-refractivity contribution in [3.8, 4) is 0 Å². The molecule has 0 radical (unpaired) electrons. The van der Waals surface area contributed by atoms with Gasteiger partial charge < -0.3 is 10.2 Å². The monoisotopic (exact) mass is 516 g/mol. The fraction of sp³-hybridized carbons (Fsp3) is 0.400. The van der Waals surface area contributed by atoms with E-state index in [1.807, 2.05) is 19.1 Å². The minimum Gasteiger partial charge on any atom is -0.325 e. The number of benzene rings is 2. The van der Waals surface area contributed by atoms with Gasteiger partial charge in [0.1, 0.15) is 0 Å². The quantitative estimate of drug-likeness (QED) is 0.359. The smallest absolute Gasteiger partial charge is 0.325 e. The van der Waals surface area contributed by atoms with Crippen molar-refractivity contribution in [2.75, 3.05) is 5.32 Å². The molecule has 1 amide bonds. The number of nitrogens with one attached hydrogen (secondary N) is 1. The Morgan fingerprint density at radius 3 is 2.47 bits per heavy atom. The van der Waals surface area contributed by atoms with Crippen molar-refractivity contribution in [1.29, 1.82) is 0 Å². The molecule has 2 aromatic carbocycles. The van der Waals surface area contributed by atoms with Crippen LogP contribution in [0.2, 0.25) is 5.02 Å². The maximum absolute atomic E-state index is 13.6. The average molecular weight is 518 g/mol. The molecule has 0 heterocycles. The predicted molar refractivity (Wildman–Crippen MR) is 130 cm³/mol. The van der Waals surface area contributed by atoms with Gasteiger partial charge in [0.05, 0.1) is 16.7 Å². The summed E-state index contributed by atoms with van der Waals surface area (Å²) >= 11 is 9.50. The zero-order valence-corrected chi connectivity index (χ0v) is 20.9. The van der Waals surface area contributed by atoms with Crippen LogP contribution >= 0.6 is 27.5 Å². The van der Waals surface area contributed by atoms with E-state index in [9.17, 15) is 9.59 Å². The van der Waals surface area contributed by atoms with Crippen molar-refractivity contribution in [3.05, 3.63) is 63.1 Å². The Bertz CT molecular complexity index is 1130. The van der Waals surface area contributed by atoms with Gasteiger partial charge in [-0.25, -0.2) is 4.79 Å². The lowest BCUT2D eigenvalue weighted by Crippen LogP contribution is -2.43. The molecule has 2 aliphatic carbocycles. The van der Waals surface area contributed by atoms with Gasteiger partial charge >= 0.3 is 5.97 Å². The van der Waals surface area contributed by atoms with Gasteiger partial charge in [0.25, 0.3) is 0 Å². The van der Waals surface area contributed by atoms with Crippen LogP contribution in [0.4, 0.5) is 5.69 Å². The molecule has 2 fully saturated rings. The minimum atomic E-state index is -0.640. The molecule has 32 heavy (non-hydrogen) atoms. The third-order valence-electron chi connectivity index (χ3n) is 7.93. The zero-order chi connectivity index (χ0) is 23.3. The molecule has 0 saturated heterocycles. The topological polar surface area (TPSA) is 67.8 Å². The third-order valence-corrected chi connectivity index (χ3v) is 8.70. The Kier molecular flexibility index (Phi) is 5.74. The van der Waals surface area contributed by atoms with Crippen LogP contribution in [0, 0.1) is 23.2 Å². The van der Waals surface area contributed by atoms with Crippen molar-refractivity contribution in [1.82, 2.24) is 0 Å². The molecule has 0 aromatic heterocycles. The Hall–Kier alpha value is -2.18. The van der Waals surface area contributed by atoms with Crippen molar-refractivity contribution in [3.63, 3.8) is 0 Å². The average Bonchev–Trinajstić information content (AvgIpc) is 3.05. The maximum atomic E-state index is 13.6. The molecule has 2 saturated carbocycles. The number of aryl methyl sites for hydroxylation is 1. The summed E-state index contributed by atoms with van der Waals surface area (Å²) < 4.78 is 0.880. The molecule has 7 heteroatoms. The fourth-order valence-electron chi connectivity index (χ4n) is 5.23. The summed E-state index contributed by atoms with van der Waals surface area (Å²) in [5, 5.41) is 7.98. The summed E-state index contributed by atoms with van der Waals surface area (Å²) in [6, 6.07) is 12.4. The van der Waals surface area contributed by atoms with Crippen molar-refractivity contribution >= 4 is 50.8 Å². The van der Waals surface area contributed by atoms with E-state index in [0.29, 0.717) is 22.7 Å². The van der Waals surface area contributed by atoms with Crippen LogP contribution in [-0.4, -0.2) is 17.6 Å². The number of carbonyl (C=O) groups excluding carboxylic acids is 2. The number of hydrogen-bond acceptors (Lipinski definition) is 4. The lowest BCUT2D eigenvalue weighted by atomic mass is 9.64. The van der Waals surface area contributed by atoms with Gasteiger partial charge in [-0.2, -0.15) is 0 Å². The van der Waals surface area contributed by atoms with E-state index in [4.69, 9.17) is 16.4 Å². The first-order valence-electron chi connectivity index (χ1n) is 10.6. The summed E-state index contributed by atoms with van der Waals surface area (Å²) in [6.07, 6.45) is 2.01. The number of amides is 1. The molecular weight excluding hydrogens is 492 g/mol. The van der Waals surface area contributed by atoms with E-state index in [2.05, 4.69) is 47.2 Å². The van der Waals surface area contributed by atoms with Crippen LogP contribution in [0.25, 0.3) is 0 Å². The lowest BCUT2D eigenvalue weighted by Gasteiger charge is -2.39. The van der Waals surface area contributed by atoms with Gasteiger partial charge in [0, 0.05) is 27.0 Å². The normalized spacial score (nSPS) is 26.9. The Morgan fingerprint density at radius 1 is 1.09 bits per heavy atom. The number of rotatable bonds is 4. The zero-order valence-electron chi connectivity index (χ0n) is 18.6. The summed E-state index contributed by atoms with van der Waals surface area (Å²) in [7, 11) is 0. The Labute approximate surface area is 201 Å². The molecule has 5 nitrogen and oxygen atoms in total. The van der Waals surface area contributed by atoms with Crippen molar-refractivity contribution in [2.45, 2.75) is 47.0 Å². The SMILES string of the molecule is Cc1ccc(Cl)cc1NC(=O)C12CCC(C)(C(=NOC(=O)c3ccc(Br)cc3)C1)C2(C)C. The standard InChI is InChI=1S/C25H26BrClN2O3/c1-15-5-10-18(27)13-19(15)28-22(31)25-12-11-24(4,23(25,2)3)20(14-25)29-32-21(30)16-6-8-17(26)9-7-16/h5-10,13H,11-12,14H2,1-4H3,(H,28,31). The van der Waals surface area contributed by atoms with Gasteiger partial charge in [-0.1, -0.05) is 59.5 Å².